The minimum absolute atomic E-state index is 0.0287. The maximum atomic E-state index is 12.6. The molecule has 2 rings (SSSR count). The highest BCUT2D eigenvalue weighted by Gasteiger charge is 2.28. The average molecular weight is 444 g/mol. The summed E-state index contributed by atoms with van der Waals surface area (Å²) in [5.41, 5.74) is 0.618. The standard InChI is InChI=1S/C19H19F3N2O5S/c1-13(25)14-3-9-17(10-4-14)30(27,28)24(2)11-18(26)23-15-5-7-16(8-6-15)29-12-19(20,21)22/h3-10H,11-12H2,1-2H3,(H,23,26). The summed E-state index contributed by atoms with van der Waals surface area (Å²) in [5.74, 6) is -0.883. The molecule has 0 aromatic heterocycles. The first-order valence-corrected chi connectivity index (χ1v) is 9.99. The predicted molar refractivity (Wildman–Crippen MR) is 103 cm³/mol. The first-order chi connectivity index (χ1) is 13.9. The van der Waals surface area contributed by atoms with Crippen molar-refractivity contribution in [3.63, 3.8) is 0 Å². The number of rotatable bonds is 8. The van der Waals surface area contributed by atoms with Crippen LogP contribution in [-0.4, -0.2) is 50.8 Å². The smallest absolute Gasteiger partial charge is 0.422 e. The third-order valence-electron chi connectivity index (χ3n) is 3.88. The number of alkyl halides is 3. The molecular formula is C19H19F3N2O5S. The van der Waals surface area contributed by atoms with E-state index in [2.05, 4.69) is 10.1 Å². The van der Waals surface area contributed by atoms with Crippen LogP contribution in [0, 0.1) is 0 Å². The van der Waals surface area contributed by atoms with Crippen molar-refractivity contribution in [1.82, 2.24) is 4.31 Å². The van der Waals surface area contributed by atoms with Crippen molar-refractivity contribution in [1.29, 1.82) is 0 Å². The molecule has 7 nitrogen and oxygen atoms in total. The number of amides is 1. The fraction of sp³-hybridized carbons (Fsp3) is 0.263. The number of Topliss-reactive ketones (excluding diaryl/α,β-unsaturated/α-hetero) is 1. The van der Waals surface area contributed by atoms with Crippen molar-refractivity contribution in [2.24, 2.45) is 0 Å². The molecule has 0 aliphatic rings. The summed E-state index contributed by atoms with van der Waals surface area (Å²) in [4.78, 5) is 23.4. The predicted octanol–water partition coefficient (Wildman–Crippen LogP) is 3.09. The van der Waals surface area contributed by atoms with Gasteiger partial charge in [-0.2, -0.15) is 17.5 Å². The van der Waals surface area contributed by atoms with Crippen LogP contribution in [-0.2, 0) is 14.8 Å². The van der Waals surface area contributed by atoms with Gasteiger partial charge in [-0.05, 0) is 43.3 Å². The number of likely N-dealkylation sites (N-methyl/N-ethyl adjacent to an activating group) is 1. The van der Waals surface area contributed by atoms with Crippen LogP contribution < -0.4 is 10.1 Å². The number of sulfonamides is 1. The summed E-state index contributed by atoms with van der Waals surface area (Å²) in [6.45, 7) is -0.577. The molecule has 0 bridgehead atoms. The van der Waals surface area contributed by atoms with Gasteiger partial charge in [0.05, 0.1) is 11.4 Å². The maximum absolute atomic E-state index is 12.6. The molecule has 0 saturated carbocycles. The van der Waals surface area contributed by atoms with Crippen LogP contribution in [0.5, 0.6) is 5.75 Å². The van der Waals surface area contributed by atoms with Crippen molar-refractivity contribution in [3.05, 3.63) is 54.1 Å². The molecular weight excluding hydrogens is 425 g/mol. The largest absolute Gasteiger partial charge is 0.484 e. The normalized spacial score (nSPS) is 11.9. The minimum atomic E-state index is -4.46. The van der Waals surface area contributed by atoms with Crippen molar-refractivity contribution < 1.29 is 35.9 Å². The topological polar surface area (TPSA) is 92.8 Å². The van der Waals surface area contributed by atoms with Crippen LogP contribution in [0.15, 0.2) is 53.4 Å². The minimum Gasteiger partial charge on any atom is -0.484 e. The lowest BCUT2D eigenvalue weighted by atomic mass is 10.2. The van der Waals surface area contributed by atoms with Gasteiger partial charge >= 0.3 is 6.18 Å². The van der Waals surface area contributed by atoms with Gasteiger partial charge in [0.25, 0.3) is 0 Å². The molecule has 0 saturated heterocycles. The van der Waals surface area contributed by atoms with Gasteiger partial charge in [0.15, 0.2) is 12.4 Å². The summed E-state index contributed by atoms with van der Waals surface area (Å²) in [6, 6.07) is 10.5. The second-order valence-electron chi connectivity index (χ2n) is 6.32. The Balaban J connectivity index is 1.97. The van der Waals surface area contributed by atoms with Crippen molar-refractivity contribution in [2.75, 3.05) is 25.5 Å². The van der Waals surface area contributed by atoms with Gasteiger partial charge in [-0.15, -0.1) is 0 Å². The lowest BCUT2D eigenvalue weighted by molar-refractivity contribution is -0.153. The molecule has 11 heteroatoms. The Bertz CT molecular complexity index is 1000. The highest BCUT2D eigenvalue weighted by Crippen LogP contribution is 2.20. The maximum Gasteiger partial charge on any atom is 0.422 e. The number of hydrogen-bond acceptors (Lipinski definition) is 5. The van der Waals surface area contributed by atoms with E-state index in [-0.39, 0.29) is 22.1 Å². The highest BCUT2D eigenvalue weighted by molar-refractivity contribution is 7.89. The van der Waals surface area contributed by atoms with Gasteiger partial charge in [-0.25, -0.2) is 8.42 Å². The second kappa shape index (κ2) is 9.26. The van der Waals surface area contributed by atoms with Crippen molar-refractivity contribution >= 4 is 27.4 Å². The van der Waals surface area contributed by atoms with Gasteiger partial charge in [0.1, 0.15) is 5.75 Å². The molecule has 0 atom stereocenters. The van der Waals surface area contributed by atoms with E-state index in [1.165, 1.54) is 62.5 Å². The molecule has 0 aliphatic heterocycles. The molecule has 0 unspecified atom stereocenters. The first-order valence-electron chi connectivity index (χ1n) is 8.55. The fourth-order valence-corrected chi connectivity index (χ4v) is 3.46. The molecule has 0 radical (unpaired) electrons. The monoisotopic (exact) mass is 444 g/mol. The number of nitrogens with one attached hydrogen (secondary N) is 1. The molecule has 1 amide bonds. The van der Waals surface area contributed by atoms with E-state index >= 15 is 0 Å². The Morgan fingerprint density at radius 3 is 2.10 bits per heavy atom. The van der Waals surface area contributed by atoms with E-state index in [4.69, 9.17) is 0 Å². The number of anilines is 1. The van der Waals surface area contributed by atoms with E-state index in [1.807, 2.05) is 0 Å². The molecule has 1 N–H and O–H groups in total. The van der Waals surface area contributed by atoms with Crippen molar-refractivity contribution in [2.45, 2.75) is 18.0 Å². The second-order valence-corrected chi connectivity index (χ2v) is 8.36. The molecule has 0 aliphatic carbocycles. The lowest BCUT2D eigenvalue weighted by Crippen LogP contribution is -2.35. The number of ketones is 1. The quantitative estimate of drug-likeness (QED) is 0.632. The van der Waals surface area contributed by atoms with E-state index in [0.717, 1.165) is 4.31 Å². The van der Waals surface area contributed by atoms with Crippen LogP contribution in [0.2, 0.25) is 0 Å². The Kier molecular flexibility index (Phi) is 7.21. The van der Waals surface area contributed by atoms with Crippen molar-refractivity contribution in [3.8, 4) is 5.75 Å². The number of ether oxygens (including phenoxy) is 1. The zero-order valence-electron chi connectivity index (χ0n) is 16.1. The van der Waals surface area contributed by atoms with E-state index < -0.39 is 35.3 Å². The Hall–Kier alpha value is -2.92. The summed E-state index contributed by atoms with van der Waals surface area (Å²) in [6.07, 6.45) is -4.46. The summed E-state index contributed by atoms with van der Waals surface area (Å²) < 4.78 is 66.9. The molecule has 30 heavy (non-hydrogen) atoms. The lowest BCUT2D eigenvalue weighted by Gasteiger charge is -2.17. The molecule has 0 spiro atoms. The van der Waals surface area contributed by atoms with E-state index in [9.17, 15) is 31.2 Å². The van der Waals surface area contributed by atoms with Gasteiger partial charge in [0, 0.05) is 18.3 Å². The number of hydrogen-bond donors (Lipinski definition) is 1. The Labute approximate surface area is 171 Å². The zero-order valence-corrected chi connectivity index (χ0v) is 16.9. The van der Waals surface area contributed by atoms with Gasteiger partial charge in [-0.1, -0.05) is 12.1 Å². The van der Waals surface area contributed by atoms with Gasteiger partial charge in [0.2, 0.25) is 15.9 Å². The number of carbonyl (C=O) groups excluding carboxylic acids is 2. The van der Waals surface area contributed by atoms with Crippen LogP contribution in [0.25, 0.3) is 0 Å². The first kappa shape index (κ1) is 23.4. The summed E-state index contributed by atoms with van der Waals surface area (Å²) in [7, 11) is -2.74. The number of carbonyl (C=O) groups is 2. The highest BCUT2D eigenvalue weighted by atomic mass is 32.2. The van der Waals surface area contributed by atoms with Crippen LogP contribution in [0.4, 0.5) is 18.9 Å². The van der Waals surface area contributed by atoms with Crippen LogP contribution in [0.3, 0.4) is 0 Å². The molecule has 0 heterocycles. The molecule has 0 fully saturated rings. The SMILES string of the molecule is CC(=O)c1ccc(S(=O)(=O)N(C)CC(=O)Nc2ccc(OCC(F)(F)F)cc2)cc1. The number of halogens is 3. The van der Waals surface area contributed by atoms with Crippen LogP contribution in [0.1, 0.15) is 17.3 Å². The summed E-state index contributed by atoms with van der Waals surface area (Å²) >= 11 is 0. The van der Waals surface area contributed by atoms with Crippen LogP contribution >= 0.6 is 0 Å². The van der Waals surface area contributed by atoms with Gasteiger partial charge in [-0.3, -0.25) is 9.59 Å². The fourth-order valence-electron chi connectivity index (χ4n) is 2.33. The number of benzene rings is 2. The zero-order chi connectivity index (χ0) is 22.5. The third kappa shape index (κ3) is 6.56. The Morgan fingerprint density at radius 2 is 1.60 bits per heavy atom. The Morgan fingerprint density at radius 1 is 1.03 bits per heavy atom. The summed E-state index contributed by atoms with van der Waals surface area (Å²) in [5, 5.41) is 2.45. The average Bonchev–Trinajstić information content (AvgIpc) is 2.66. The third-order valence-corrected chi connectivity index (χ3v) is 5.69. The number of nitrogens with zero attached hydrogens (tertiary/aromatic N) is 1. The van der Waals surface area contributed by atoms with E-state index in [0.29, 0.717) is 5.56 Å². The molecule has 2 aromatic rings. The van der Waals surface area contributed by atoms with Gasteiger partial charge < -0.3 is 10.1 Å². The molecule has 2 aromatic carbocycles. The molecule has 162 valence electrons. The van der Waals surface area contributed by atoms with E-state index in [1.54, 1.807) is 0 Å².